The molecule has 2 aromatic rings. The molecule has 0 amide bonds. The maximum atomic E-state index is 4.44. The van der Waals surface area contributed by atoms with Crippen molar-refractivity contribution >= 4 is 17.3 Å². The van der Waals surface area contributed by atoms with Gasteiger partial charge >= 0.3 is 0 Å². The monoisotopic (exact) mass is 289 g/mol. The van der Waals surface area contributed by atoms with Gasteiger partial charge in [0.25, 0.3) is 0 Å². The van der Waals surface area contributed by atoms with E-state index < -0.39 is 0 Å². The standard InChI is InChI=1S/C14H19N5S/c1-11-19-13(10-20-11)6-8-17-14(15-2)18-9-12-5-3-4-7-16-12/h3-5,7,10H,6,8-9H2,1-2H3,(H2,15,17,18). The van der Waals surface area contributed by atoms with E-state index in [1.54, 1.807) is 24.6 Å². The second-order valence-corrected chi connectivity index (χ2v) is 5.34. The summed E-state index contributed by atoms with van der Waals surface area (Å²) in [7, 11) is 1.76. The number of aliphatic imine (C=N–C) groups is 1. The molecular weight excluding hydrogens is 270 g/mol. The molecule has 5 nitrogen and oxygen atoms in total. The summed E-state index contributed by atoms with van der Waals surface area (Å²) in [5.74, 6) is 0.780. The Labute approximate surface area is 123 Å². The SMILES string of the molecule is CN=C(NCCc1csc(C)n1)NCc1ccccn1. The number of hydrogen-bond donors (Lipinski definition) is 2. The van der Waals surface area contributed by atoms with Crippen LogP contribution in [0.25, 0.3) is 0 Å². The summed E-state index contributed by atoms with van der Waals surface area (Å²) < 4.78 is 0. The molecule has 0 aliphatic rings. The van der Waals surface area contributed by atoms with E-state index in [1.807, 2.05) is 25.1 Å². The van der Waals surface area contributed by atoms with Crippen molar-refractivity contribution in [2.45, 2.75) is 19.9 Å². The fourth-order valence-corrected chi connectivity index (χ4v) is 2.38. The van der Waals surface area contributed by atoms with Gasteiger partial charge in [0.15, 0.2) is 5.96 Å². The number of thiazole rings is 1. The van der Waals surface area contributed by atoms with Gasteiger partial charge in [0.1, 0.15) is 0 Å². The third-order valence-electron chi connectivity index (χ3n) is 2.73. The number of pyridine rings is 1. The number of guanidine groups is 1. The van der Waals surface area contributed by atoms with Gasteiger partial charge in [0.05, 0.1) is 22.9 Å². The normalized spacial score (nSPS) is 11.4. The van der Waals surface area contributed by atoms with Crippen LogP contribution in [0.1, 0.15) is 16.4 Å². The molecule has 0 aliphatic heterocycles. The lowest BCUT2D eigenvalue weighted by atomic mass is 10.3. The highest BCUT2D eigenvalue weighted by atomic mass is 32.1. The molecule has 2 rings (SSSR count). The predicted molar refractivity (Wildman–Crippen MR) is 83.0 cm³/mol. The van der Waals surface area contributed by atoms with Crippen LogP contribution in [-0.2, 0) is 13.0 Å². The summed E-state index contributed by atoms with van der Waals surface area (Å²) in [5.41, 5.74) is 2.12. The Balaban J connectivity index is 1.73. The van der Waals surface area contributed by atoms with Crippen molar-refractivity contribution in [2.24, 2.45) is 4.99 Å². The lowest BCUT2D eigenvalue weighted by molar-refractivity contribution is 0.776. The second-order valence-electron chi connectivity index (χ2n) is 4.28. The van der Waals surface area contributed by atoms with Crippen LogP contribution in [0.4, 0.5) is 0 Å². The van der Waals surface area contributed by atoms with E-state index in [9.17, 15) is 0 Å². The first-order valence-electron chi connectivity index (χ1n) is 6.53. The molecule has 0 bridgehead atoms. The molecule has 0 spiro atoms. The summed E-state index contributed by atoms with van der Waals surface area (Å²) in [4.78, 5) is 12.9. The average molecular weight is 289 g/mol. The number of nitrogens with one attached hydrogen (secondary N) is 2. The van der Waals surface area contributed by atoms with Crippen LogP contribution < -0.4 is 10.6 Å². The first-order valence-corrected chi connectivity index (χ1v) is 7.41. The first kappa shape index (κ1) is 14.5. The molecule has 20 heavy (non-hydrogen) atoms. The van der Waals surface area contributed by atoms with Crippen molar-refractivity contribution in [3.63, 3.8) is 0 Å². The Kier molecular flexibility index (Phi) is 5.49. The van der Waals surface area contributed by atoms with Crippen LogP contribution in [0, 0.1) is 6.92 Å². The van der Waals surface area contributed by atoms with Crippen molar-refractivity contribution < 1.29 is 0 Å². The molecule has 0 aliphatic carbocycles. The molecule has 0 atom stereocenters. The Hall–Kier alpha value is -1.95. The topological polar surface area (TPSA) is 62.2 Å². The molecule has 0 aromatic carbocycles. The van der Waals surface area contributed by atoms with Gasteiger partial charge in [-0.15, -0.1) is 11.3 Å². The predicted octanol–water partition coefficient (Wildman–Crippen LogP) is 1.75. The molecule has 0 saturated carbocycles. The molecule has 0 unspecified atom stereocenters. The zero-order valence-electron chi connectivity index (χ0n) is 11.8. The van der Waals surface area contributed by atoms with Gasteiger partial charge in [-0.3, -0.25) is 9.98 Å². The summed E-state index contributed by atoms with van der Waals surface area (Å²) in [6.45, 7) is 3.50. The molecule has 0 fully saturated rings. The fraction of sp³-hybridized carbons (Fsp3) is 0.357. The molecule has 2 aromatic heterocycles. The molecule has 2 N–H and O–H groups in total. The zero-order chi connectivity index (χ0) is 14.2. The quantitative estimate of drug-likeness (QED) is 0.650. The first-order chi connectivity index (χ1) is 9.78. The van der Waals surface area contributed by atoms with Crippen molar-refractivity contribution in [3.05, 3.63) is 46.2 Å². The largest absolute Gasteiger partial charge is 0.356 e. The third kappa shape index (κ3) is 4.62. The van der Waals surface area contributed by atoms with Gasteiger partial charge in [-0.1, -0.05) is 6.07 Å². The molecule has 6 heteroatoms. The molecule has 0 saturated heterocycles. The number of aryl methyl sites for hydroxylation is 1. The van der Waals surface area contributed by atoms with E-state index in [0.29, 0.717) is 6.54 Å². The lowest BCUT2D eigenvalue weighted by Crippen LogP contribution is -2.38. The Morgan fingerprint density at radius 2 is 2.20 bits per heavy atom. The third-order valence-corrected chi connectivity index (χ3v) is 3.55. The van der Waals surface area contributed by atoms with E-state index in [4.69, 9.17) is 0 Å². The highest BCUT2D eigenvalue weighted by molar-refractivity contribution is 7.09. The number of nitrogens with zero attached hydrogens (tertiary/aromatic N) is 3. The lowest BCUT2D eigenvalue weighted by Gasteiger charge is -2.10. The molecule has 2 heterocycles. The van der Waals surface area contributed by atoms with E-state index in [2.05, 4.69) is 31.0 Å². The number of aromatic nitrogens is 2. The molecular formula is C14H19N5S. The number of hydrogen-bond acceptors (Lipinski definition) is 4. The maximum absolute atomic E-state index is 4.44. The summed E-state index contributed by atoms with van der Waals surface area (Å²) in [6.07, 6.45) is 2.69. The second kappa shape index (κ2) is 7.59. The highest BCUT2D eigenvalue weighted by Gasteiger charge is 2.01. The van der Waals surface area contributed by atoms with Gasteiger partial charge in [-0.05, 0) is 19.1 Å². The van der Waals surface area contributed by atoms with Crippen LogP contribution in [0.15, 0.2) is 34.8 Å². The van der Waals surface area contributed by atoms with Crippen molar-refractivity contribution in [2.75, 3.05) is 13.6 Å². The molecule has 0 radical (unpaired) electrons. The van der Waals surface area contributed by atoms with E-state index in [1.165, 1.54) is 0 Å². The highest BCUT2D eigenvalue weighted by Crippen LogP contribution is 2.07. The van der Waals surface area contributed by atoms with Crippen LogP contribution in [-0.4, -0.2) is 29.5 Å². The van der Waals surface area contributed by atoms with Crippen LogP contribution >= 0.6 is 11.3 Å². The Morgan fingerprint density at radius 1 is 1.30 bits per heavy atom. The minimum Gasteiger partial charge on any atom is -0.356 e. The zero-order valence-corrected chi connectivity index (χ0v) is 12.6. The van der Waals surface area contributed by atoms with Gasteiger partial charge < -0.3 is 10.6 Å². The minimum atomic E-state index is 0.663. The summed E-state index contributed by atoms with van der Waals surface area (Å²) >= 11 is 1.68. The van der Waals surface area contributed by atoms with E-state index in [0.717, 1.165) is 35.3 Å². The number of rotatable bonds is 5. The average Bonchev–Trinajstić information content (AvgIpc) is 2.89. The van der Waals surface area contributed by atoms with Crippen LogP contribution in [0.2, 0.25) is 0 Å². The van der Waals surface area contributed by atoms with Gasteiger partial charge in [-0.25, -0.2) is 4.98 Å². The van der Waals surface area contributed by atoms with Crippen LogP contribution in [0.5, 0.6) is 0 Å². The maximum Gasteiger partial charge on any atom is 0.191 e. The van der Waals surface area contributed by atoms with E-state index in [-0.39, 0.29) is 0 Å². The Bertz CT molecular complexity index is 550. The molecule has 106 valence electrons. The van der Waals surface area contributed by atoms with Gasteiger partial charge in [0.2, 0.25) is 0 Å². The van der Waals surface area contributed by atoms with Crippen molar-refractivity contribution in [1.29, 1.82) is 0 Å². The van der Waals surface area contributed by atoms with Gasteiger partial charge in [0, 0.05) is 31.6 Å². The van der Waals surface area contributed by atoms with Gasteiger partial charge in [-0.2, -0.15) is 0 Å². The summed E-state index contributed by atoms with van der Waals surface area (Å²) in [6, 6.07) is 5.87. The summed E-state index contributed by atoms with van der Waals surface area (Å²) in [5, 5.41) is 9.72. The van der Waals surface area contributed by atoms with Crippen molar-refractivity contribution in [1.82, 2.24) is 20.6 Å². The minimum absolute atomic E-state index is 0.663. The fourth-order valence-electron chi connectivity index (χ4n) is 1.73. The van der Waals surface area contributed by atoms with Crippen molar-refractivity contribution in [3.8, 4) is 0 Å². The van der Waals surface area contributed by atoms with Crippen LogP contribution in [0.3, 0.4) is 0 Å². The van der Waals surface area contributed by atoms with E-state index >= 15 is 0 Å². The smallest absolute Gasteiger partial charge is 0.191 e. The Morgan fingerprint density at radius 3 is 2.85 bits per heavy atom.